The van der Waals surface area contributed by atoms with Crippen molar-refractivity contribution < 1.29 is 9.59 Å². The first-order valence-corrected chi connectivity index (χ1v) is 10.1. The molecule has 1 unspecified atom stereocenters. The average molecular weight is 388 g/mol. The first-order valence-electron chi connectivity index (χ1n) is 10.1. The second kappa shape index (κ2) is 6.37. The number of aromatic nitrogens is 1. The van der Waals surface area contributed by atoms with Crippen molar-refractivity contribution in [2.24, 2.45) is 0 Å². The molecule has 6 heteroatoms. The van der Waals surface area contributed by atoms with Crippen LogP contribution in [0.3, 0.4) is 0 Å². The molecule has 29 heavy (non-hydrogen) atoms. The fourth-order valence-electron chi connectivity index (χ4n) is 4.92. The lowest BCUT2D eigenvalue weighted by atomic mass is 9.80. The Morgan fingerprint density at radius 1 is 1.17 bits per heavy atom. The van der Waals surface area contributed by atoms with Gasteiger partial charge in [-0.15, -0.1) is 0 Å². The molecule has 2 aliphatic heterocycles. The number of H-pyrrole nitrogens is 1. The maximum Gasteiger partial charge on any atom is 0.318 e. The lowest BCUT2D eigenvalue weighted by molar-refractivity contribution is -0.126. The summed E-state index contributed by atoms with van der Waals surface area (Å²) in [4.78, 5) is 34.0. The van der Waals surface area contributed by atoms with Crippen molar-refractivity contribution in [2.45, 2.75) is 25.3 Å². The molecule has 0 saturated heterocycles. The van der Waals surface area contributed by atoms with Crippen LogP contribution in [-0.2, 0) is 16.8 Å². The monoisotopic (exact) mass is 388 g/mol. The summed E-state index contributed by atoms with van der Waals surface area (Å²) >= 11 is 0. The molecule has 0 fully saturated rings. The highest BCUT2D eigenvalue weighted by molar-refractivity contribution is 6.12. The second-order valence-electron chi connectivity index (χ2n) is 7.75. The van der Waals surface area contributed by atoms with Crippen molar-refractivity contribution in [3.8, 4) is 0 Å². The summed E-state index contributed by atoms with van der Waals surface area (Å²) in [5.74, 6) is -0.0992. The number of hydrogen-bond acceptors (Lipinski definition) is 2. The number of nitrogens with one attached hydrogen (secondary N) is 2. The van der Waals surface area contributed by atoms with Crippen molar-refractivity contribution in [1.29, 1.82) is 0 Å². The molecule has 148 valence electrons. The third kappa shape index (κ3) is 2.23. The van der Waals surface area contributed by atoms with Gasteiger partial charge in [-0.3, -0.25) is 4.79 Å². The van der Waals surface area contributed by atoms with Gasteiger partial charge in [0.05, 0.1) is 5.69 Å². The first-order chi connectivity index (χ1) is 14.1. The molecule has 1 spiro atoms. The van der Waals surface area contributed by atoms with Crippen LogP contribution in [0.4, 0.5) is 10.5 Å². The molecule has 1 aromatic heterocycles. The van der Waals surface area contributed by atoms with Crippen LogP contribution in [0.5, 0.6) is 0 Å². The Hall–Kier alpha value is -3.28. The van der Waals surface area contributed by atoms with E-state index in [4.69, 9.17) is 0 Å². The number of amides is 3. The number of aromatic amines is 1. The van der Waals surface area contributed by atoms with Gasteiger partial charge in [0.25, 0.3) is 5.91 Å². The molecule has 5 rings (SSSR count). The average Bonchev–Trinajstić information content (AvgIpc) is 3.23. The number of nitrogens with zero attached hydrogens (tertiary/aromatic N) is 2. The quantitative estimate of drug-likeness (QED) is 0.707. The number of rotatable bonds is 2. The molecule has 0 saturated carbocycles. The highest BCUT2D eigenvalue weighted by Crippen LogP contribution is 2.51. The molecule has 0 aliphatic carbocycles. The van der Waals surface area contributed by atoms with Crippen molar-refractivity contribution in [1.82, 2.24) is 15.2 Å². The zero-order valence-electron chi connectivity index (χ0n) is 16.7. The number of para-hydroxylation sites is 2. The maximum atomic E-state index is 13.9. The number of likely N-dealkylation sites (N-methyl/N-ethyl adjacent to an activating group) is 1. The molecular formula is C23H24N4O2. The van der Waals surface area contributed by atoms with Crippen LogP contribution in [0.15, 0.2) is 48.5 Å². The first kappa shape index (κ1) is 17.8. The molecule has 1 atom stereocenters. The van der Waals surface area contributed by atoms with E-state index in [9.17, 15) is 9.59 Å². The molecule has 0 radical (unpaired) electrons. The third-order valence-corrected chi connectivity index (χ3v) is 6.21. The number of fused-ring (bicyclic) bond motifs is 6. The normalized spacial score (nSPS) is 20.3. The Morgan fingerprint density at radius 3 is 2.76 bits per heavy atom. The lowest BCUT2D eigenvalue weighted by Gasteiger charge is -2.43. The minimum Gasteiger partial charge on any atom is -0.355 e. The van der Waals surface area contributed by atoms with Gasteiger partial charge in [-0.25, -0.2) is 4.79 Å². The van der Waals surface area contributed by atoms with Gasteiger partial charge in [-0.1, -0.05) is 43.3 Å². The van der Waals surface area contributed by atoms with Gasteiger partial charge in [-0.05, 0) is 30.5 Å². The van der Waals surface area contributed by atoms with Crippen LogP contribution in [-0.4, -0.2) is 42.0 Å². The van der Waals surface area contributed by atoms with E-state index < -0.39 is 5.54 Å². The van der Waals surface area contributed by atoms with E-state index in [1.54, 1.807) is 16.8 Å². The summed E-state index contributed by atoms with van der Waals surface area (Å²) in [6.07, 6.45) is 1.55. The van der Waals surface area contributed by atoms with E-state index in [2.05, 4.69) is 16.4 Å². The Balaban J connectivity index is 1.81. The summed E-state index contributed by atoms with van der Waals surface area (Å²) in [5.41, 5.74) is 3.46. The zero-order valence-corrected chi connectivity index (χ0v) is 16.7. The number of hydrogen-bond donors (Lipinski definition) is 2. The van der Waals surface area contributed by atoms with Gasteiger partial charge in [0.2, 0.25) is 0 Å². The van der Waals surface area contributed by atoms with Gasteiger partial charge in [0, 0.05) is 42.3 Å². The molecule has 3 amide bonds. The molecule has 2 aromatic carbocycles. The van der Waals surface area contributed by atoms with Crippen LogP contribution in [0.1, 0.15) is 30.2 Å². The van der Waals surface area contributed by atoms with Gasteiger partial charge < -0.3 is 20.1 Å². The summed E-state index contributed by atoms with van der Waals surface area (Å²) in [6.45, 7) is 3.08. The van der Waals surface area contributed by atoms with Crippen LogP contribution >= 0.6 is 0 Å². The second-order valence-corrected chi connectivity index (χ2v) is 7.75. The van der Waals surface area contributed by atoms with Crippen LogP contribution in [0, 0.1) is 0 Å². The topological polar surface area (TPSA) is 68.4 Å². The van der Waals surface area contributed by atoms with Crippen LogP contribution in [0.25, 0.3) is 10.9 Å². The predicted molar refractivity (Wildman–Crippen MR) is 113 cm³/mol. The maximum absolute atomic E-state index is 13.9. The van der Waals surface area contributed by atoms with Crippen molar-refractivity contribution >= 4 is 28.5 Å². The molecule has 6 nitrogen and oxygen atoms in total. The van der Waals surface area contributed by atoms with Gasteiger partial charge in [-0.2, -0.15) is 0 Å². The van der Waals surface area contributed by atoms with Gasteiger partial charge in [0.1, 0.15) is 0 Å². The van der Waals surface area contributed by atoms with E-state index in [-0.39, 0.29) is 11.9 Å². The van der Waals surface area contributed by atoms with E-state index in [1.807, 2.05) is 49.4 Å². The minimum atomic E-state index is -1.17. The smallest absolute Gasteiger partial charge is 0.318 e. The number of anilines is 1. The van der Waals surface area contributed by atoms with E-state index >= 15 is 0 Å². The molecule has 3 aromatic rings. The number of carbonyl (C=O) groups excluding carboxylic acids is 2. The number of urea groups is 1. The largest absolute Gasteiger partial charge is 0.355 e. The molecular weight excluding hydrogens is 364 g/mol. The Bertz CT molecular complexity index is 1130. The highest BCUT2D eigenvalue weighted by Gasteiger charge is 2.60. The lowest BCUT2D eigenvalue weighted by Crippen LogP contribution is -2.61. The summed E-state index contributed by atoms with van der Waals surface area (Å²) in [6, 6.07) is 15.7. The molecule has 2 aliphatic rings. The number of benzene rings is 2. The summed E-state index contributed by atoms with van der Waals surface area (Å²) in [5, 5.41) is 4.11. The zero-order chi connectivity index (χ0) is 20.2. The fourth-order valence-corrected chi connectivity index (χ4v) is 4.92. The van der Waals surface area contributed by atoms with Crippen LogP contribution in [0.2, 0.25) is 0 Å². The SMILES string of the molecule is CCCNC(=O)N1CCc2c([nH]c3ccccc23)C12C(=O)N(C)c1ccccc12. The minimum absolute atomic E-state index is 0.0992. The predicted octanol–water partition coefficient (Wildman–Crippen LogP) is 3.37. The highest BCUT2D eigenvalue weighted by atomic mass is 16.2. The Morgan fingerprint density at radius 2 is 1.93 bits per heavy atom. The van der Waals surface area contributed by atoms with E-state index in [0.29, 0.717) is 19.5 Å². The van der Waals surface area contributed by atoms with Crippen molar-refractivity contribution in [3.63, 3.8) is 0 Å². The van der Waals surface area contributed by atoms with E-state index in [0.717, 1.165) is 39.8 Å². The third-order valence-electron chi connectivity index (χ3n) is 6.21. The Labute approximate surface area is 169 Å². The van der Waals surface area contributed by atoms with Crippen molar-refractivity contribution in [3.05, 3.63) is 65.4 Å². The van der Waals surface area contributed by atoms with Crippen LogP contribution < -0.4 is 10.2 Å². The Kier molecular flexibility index (Phi) is 3.91. The molecule has 0 bridgehead atoms. The fraction of sp³-hybridized carbons (Fsp3) is 0.304. The summed E-state index contributed by atoms with van der Waals surface area (Å²) in [7, 11) is 1.79. The van der Waals surface area contributed by atoms with Crippen molar-refractivity contribution in [2.75, 3.05) is 25.0 Å². The standard InChI is InChI=1S/C23H24N4O2/c1-3-13-24-22(29)27-14-12-16-15-8-4-6-10-18(15)25-20(16)23(27)17-9-5-7-11-19(17)26(2)21(23)28/h4-11,25H,3,12-14H2,1-2H3,(H,24,29). The molecule has 3 heterocycles. The van der Waals surface area contributed by atoms with E-state index in [1.165, 1.54) is 0 Å². The molecule has 2 N–H and O–H groups in total. The van der Waals surface area contributed by atoms with Gasteiger partial charge in [0.15, 0.2) is 5.54 Å². The number of carbonyl (C=O) groups is 2. The van der Waals surface area contributed by atoms with Gasteiger partial charge >= 0.3 is 6.03 Å². The summed E-state index contributed by atoms with van der Waals surface area (Å²) < 4.78 is 0.